The van der Waals surface area contributed by atoms with Crippen molar-refractivity contribution >= 4 is 34.7 Å². The Labute approximate surface area is 264 Å². The standard InChI is InChI=1S/C35H32N4O5S/c40-30(37-21-19-24-6-2-1-3-7-24)18-12-25-8-4-9-27(13-11-25)34-33(39-35(45-34)29-10-5-20-36-29)26-14-16-28(17-15-26)44-23-31(41)38-22-32(42)43/h1-7,9-18,20,36H,8,19,21-23H2,(H,37,40)(H,38,41)(H,42,43)/b18-12+. The summed E-state index contributed by atoms with van der Waals surface area (Å²) < 4.78 is 5.52. The number of aromatic amines is 1. The molecule has 2 aromatic heterocycles. The molecule has 4 aromatic rings. The fourth-order valence-corrected chi connectivity index (χ4v) is 5.59. The first-order chi connectivity index (χ1) is 21.9. The van der Waals surface area contributed by atoms with Crippen LogP contribution in [-0.2, 0) is 20.8 Å². The molecule has 2 amide bonds. The Bertz CT molecular complexity index is 1750. The summed E-state index contributed by atoms with van der Waals surface area (Å²) in [7, 11) is 0. The maximum Gasteiger partial charge on any atom is 0.322 e. The number of allylic oxidation sites excluding steroid dienone is 7. The molecule has 2 heterocycles. The van der Waals surface area contributed by atoms with Crippen LogP contribution in [0.25, 0.3) is 27.5 Å². The van der Waals surface area contributed by atoms with E-state index in [9.17, 15) is 14.4 Å². The summed E-state index contributed by atoms with van der Waals surface area (Å²) in [5, 5.41) is 14.8. The molecule has 0 aliphatic heterocycles. The number of ether oxygens (including phenoxy) is 1. The second-order valence-corrected chi connectivity index (χ2v) is 11.1. The molecule has 0 atom stereocenters. The average Bonchev–Trinajstić information content (AvgIpc) is 3.69. The van der Waals surface area contributed by atoms with Gasteiger partial charge in [0.25, 0.3) is 5.91 Å². The van der Waals surface area contributed by atoms with Crippen LogP contribution in [0.15, 0.2) is 115 Å². The van der Waals surface area contributed by atoms with Gasteiger partial charge in [0.1, 0.15) is 17.3 Å². The highest BCUT2D eigenvalue weighted by molar-refractivity contribution is 7.16. The Balaban J connectivity index is 1.29. The van der Waals surface area contributed by atoms with Gasteiger partial charge in [0.2, 0.25) is 5.91 Å². The zero-order valence-corrected chi connectivity index (χ0v) is 25.2. The van der Waals surface area contributed by atoms with Crippen LogP contribution in [0.5, 0.6) is 5.75 Å². The fraction of sp³-hybridized carbons (Fsp3) is 0.143. The minimum atomic E-state index is -1.12. The minimum Gasteiger partial charge on any atom is -0.484 e. The number of thiazole rings is 1. The molecule has 9 nitrogen and oxygen atoms in total. The highest BCUT2D eigenvalue weighted by atomic mass is 32.1. The van der Waals surface area contributed by atoms with Gasteiger partial charge in [0, 0.05) is 24.4 Å². The number of benzene rings is 2. The summed E-state index contributed by atoms with van der Waals surface area (Å²) in [5.74, 6) is -1.29. The van der Waals surface area contributed by atoms with Crippen molar-refractivity contribution in [3.05, 3.63) is 125 Å². The second-order valence-electron chi connectivity index (χ2n) is 10.1. The number of aliphatic carboxylic acids is 1. The van der Waals surface area contributed by atoms with Gasteiger partial charge in [-0.05, 0) is 65.9 Å². The Morgan fingerprint density at radius 1 is 1.00 bits per heavy atom. The number of carbonyl (C=O) groups excluding carboxylic acids is 2. The zero-order valence-electron chi connectivity index (χ0n) is 24.4. The number of nitrogens with zero attached hydrogens (tertiary/aromatic N) is 1. The molecule has 5 rings (SSSR count). The number of carboxylic acid groups (broad SMARTS) is 1. The van der Waals surface area contributed by atoms with E-state index in [1.54, 1.807) is 29.5 Å². The first kappa shape index (κ1) is 31.0. The van der Waals surface area contributed by atoms with Gasteiger partial charge in [0.15, 0.2) is 6.61 Å². The number of aromatic nitrogens is 2. The quantitative estimate of drug-likeness (QED) is 0.145. The van der Waals surface area contributed by atoms with E-state index >= 15 is 0 Å². The van der Waals surface area contributed by atoms with Gasteiger partial charge in [-0.2, -0.15) is 0 Å². The van der Waals surface area contributed by atoms with Crippen LogP contribution in [0.2, 0.25) is 0 Å². The molecular weight excluding hydrogens is 588 g/mol. The number of hydrogen-bond acceptors (Lipinski definition) is 6. The van der Waals surface area contributed by atoms with Gasteiger partial charge < -0.3 is 25.5 Å². The van der Waals surface area contributed by atoms with Crippen molar-refractivity contribution in [1.82, 2.24) is 20.6 Å². The van der Waals surface area contributed by atoms with E-state index < -0.39 is 18.4 Å². The summed E-state index contributed by atoms with van der Waals surface area (Å²) >= 11 is 1.58. The maximum absolute atomic E-state index is 12.4. The summed E-state index contributed by atoms with van der Waals surface area (Å²) in [6, 6.07) is 21.2. The highest BCUT2D eigenvalue weighted by Crippen LogP contribution is 2.39. The number of amides is 2. The lowest BCUT2D eigenvalue weighted by Crippen LogP contribution is -2.33. The summed E-state index contributed by atoms with van der Waals surface area (Å²) in [4.78, 5) is 44.0. The van der Waals surface area contributed by atoms with E-state index in [0.717, 1.165) is 44.4 Å². The SMILES string of the molecule is O=C(O)CNC(=O)COc1ccc(-c2nc(-c3ccc[nH]3)sc2C2=CC=C(/C=C/C(=O)NCCc3ccccc3)CC=C2)cc1. The van der Waals surface area contributed by atoms with E-state index in [4.69, 9.17) is 14.8 Å². The van der Waals surface area contributed by atoms with Gasteiger partial charge in [-0.3, -0.25) is 14.4 Å². The van der Waals surface area contributed by atoms with Gasteiger partial charge in [-0.25, -0.2) is 4.98 Å². The van der Waals surface area contributed by atoms with Crippen molar-refractivity contribution in [2.24, 2.45) is 0 Å². The Hall–Kier alpha value is -5.48. The van der Waals surface area contributed by atoms with Crippen molar-refractivity contribution in [2.45, 2.75) is 12.8 Å². The Morgan fingerprint density at radius 2 is 1.82 bits per heavy atom. The normalized spacial score (nSPS) is 12.7. The molecule has 0 saturated heterocycles. The molecule has 1 aliphatic carbocycles. The molecule has 0 radical (unpaired) electrons. The number of carbonyl (C=O) groups is 3. The van der Waals surface area contributed by atoms with Gasteiger partial charge in [-0.15, -0.1) is 11.3 Å². The van der Waals surface area contributed by atoms with E-state index in [1.807, 2.05) is 79.0 Å². The Morgan fingerprint density at radius 3 is 2.58 bits per heavy atom. The van der Waals surface area contributed by atoms with E-state index in [0.29, 0.717) is 18.7 Å². The fourth-order valence-electron chi connectivity index (χ4n) is 4.51. The van der Waals surface area contributed by atoms with Crippen molar-refractivity contribution in [3.8, 4) is 27.7 Å². The van der Waals surface area contributed by atoms with Crippen molar-refractivity contribution in [2.75, 3.05) is 19.7 Å². The predicted octanol–water partition coefficient (Wildman–Crippen LogP) is 5.57. The lowest BCUT2D eigenvalue weighted by molar-refractivity contribution is -0.138. The third-order valence-electron chi connectivity index (χ3n) is 6.78. The molecular formula is C35H32N4O5S. The smallest absolute Gasteiger partial charge is 0.322 e. The van der Waals surface area contributed by atoms with E-state index in [1.165, 1.54) is 5.56 Å². The monoisotopic (exact) mass is 620 g/mol. The van der Waals surface area contributed by atoms with Crippen LogP contribution in [0.1, 0.15) is 16.9 Å². The second kappa shape index (κ2) is 15.3. The molecule has 4 N–H and O–H groups in total. The highest BCUT2D eigenvalue weighted by Gasteiger charge is 2.18. The van der Waals surface area contributed by atoms with Gasteiger partial charge in [-0.1, -0.05) is 60.7 Å². The van der Waals surface area contributed by atoms with Crippen molar-refractivity contribution < 1.29 is 24.2 Å². The first-order valence-electron chi connectivity index (χ1n) is 14.4. The number of nitrogens with one attached hydrogen (secondary N) is 3. The van der Waals surface area contributed by atoms with Crippen LogP contribution < -0.4 is 15.4 Å². The molecule has 45 heavy (non-hydrogen) atoms. The zero-order chi connectivity index (χ0) is 31.4. The van der Waals surface area contributed by atoms with Crippen molar-refractivity contribution in [3.63, 3.8) is 0 Å². The third kappa shape index (κ3) is 9.01. The molecule has 0 unspecified atom stereocenters. The van der Waals surface area contributed by atoms with Gasteiger partial charge in [0.05, 0.1) is 16.3 Å². The third-order valence-corrected chi connectivity index (χ3v) is 7.92. The number of rotatable bonds is 13. The molecule has 0 spiro atoms. The van der Waals surface area contributed by atoms with Crippen LogP contribution in [0.3, 0.4) is 0 Å². The lowest BCUT2D eigenvalue weighted by atomic mass is 10.1. The maximum atomic E-state index is 12.4. The molecule has 2 aromatic carbocycles. The van der Waals surface area contributed by atoms with Crippen LogP contribution >= 0.6 is 11.3 Å². The van der Waals surface area contributed by atoms with Crippen molar-refractivity contribution in [1.29, 1.82) is 0 Å². The molecule has 0 saturated carbocycles. The largest absolute Gasteiger partial charge is 0.484 e. The lowest BCUT2D eigenvalue weighted by Gasteiger charge is -2.08. The molecule has 1 aliphatic rings. The summed E-state index contributed by atoms with van der Waals surface area (Å²) in [6.45, 7) is -0.178. The van der Waals surface area contributed by atoms with E-state index in [2.05, 4.69) is 27.8 Å². The topological polar surface area (TPSA) is 133 Å². The molecule has 228 valence electrons. The Kier molecular flexibility index (Phi) is 10.5. The number of H-pyrrole nitrogens is 1. The van der Waals surface area contributed by atoms with Crippen LogP contribution in [-0.4, -0.2) is 52.6 Å². The summed E-state index contributed by atoms with van der Waals surface area (Å²) in [6.07, 6.45) is 14.9. The molecule has 0 bridgehead atoms. The van der Waals surface area contributed by atoms with Crippen LogP contribution in [0, 0.1) is 0 Å². The predicted molar refractivity (Wildman–Crippen MR) is 176 cm³/mol. The van der Waals surface area contributed by atoms with Gasteiger partial charge >= 0.3 is 5.97 Å². The molecule has 10 heteroatoms. The first-order valence-corrected chi connectivity index (χ1v) is 15.2. The minimum absolute atomic E-state index is 0.127. The number of carboxylic acids is 1. The van der Waals surface area contributed by atoms with Crippen LogP contribution in [0.4, 0.5) is 0 Å². The number of hydrogen-bond donors (Lipinski definition) is 4. The average molecular weight is 621 g/mol. The molecule has 0 fully saturated rings. The summed E-state index contributed by atoms with van der Waals surface area (Å²) in [5.41, 5.74) is 5.76. The van der Waals surface area contributed by atoms with E-state index in [-0.39, 0.29) is 12.5 Å².